The average Bonchev–Trinajstić information content (AvgIpc) is 1.59. The molecule has 5 N–H and O–H groups in total. The summed E-state index contributed by atoms with van der Waals surface area (Å²) in [4.78, 5) is 125. The van der Waals surface area contributed by atoms with Crippen molar-refractivity contribution < 1.29 is 85.1 Å². The summed E-state index contributed by atoms with van der Waals surface area (Å²) in [7, 11) is 5.37. The van der Waals surface area contributed by atoms with Crippen molar-refractivity contribution in [2.75, 3.05) is 46.3 Å². The molecule has 11 atom stereocenters. The largest absolute Gasteiger partial charge is 0.495 e. The van der Waals surface area contributed by atoms with E-state index in [0.29, 0.717) is 55.1 Å². The standard InChI is InChI=1S/C65H86ClF3N6O15S/c1-35(2)44(31-42(91)18-13-12-14-24-75-54(78)26-37(4)59(75)81)58(80)72-46(19-16-23-71-62(70)84)48(76)29-40-21-22-43(45(27-40)65(67,68)69)60(82)73(8)39(6)61(83)89-52-32-53(77)74(9)47-28-41(30-49(86-10)56(47)66)25-36(3)17-15-20-51(87-11)64(85)33-50(88-55(79)34-64)38(5)57-63(52,7)90-57/h15,17,20-22,27-28,30,35,37-39,44,46,50-52,57,85H,12-14,16,18-19,23-26,29,31-34H2,1-11H3,(H,72,80)(H3,70,71,84)/b20-15+,36-17+/t37?,38-,39+,44+,46+,50+,51-,52+,57+,63+,64-/m1/s1. The van der Waals surface area contributed by atoms with E-state index in [2.05, 4.69) is 10.6 Å². The lowest BCUT2D eigenvalue weighted by Crippen LogP contribution is -2.53. The lowest BCUT2D eigenvalue weighted by atomic mass is 9.78. The molecule has 4 heterocycles. The van der Waals surface area contributed by atoms with E-state index in [1.807, 2.05) is 26.8 Å². The van der Waals surface area contributed by atoms with Crippen LogP contribution in [0.3, 0.4) is 0 Å². The molecule has 4 aliphatic heterocycles. The number of urea groups is 1. The Morgan fingerprint density at radius 2 is 1.70 bits per heavy atom. The first-order chi connectivity index (χ1) is 42.6. The maximum absolute atomic E-state index is 15.2. The number of esters is 2. The molecule has 26 heteroatoms. The number of primary amides is 1. The maximum Gasteiger partial charge on any atom is 0.417 e. The molecule has 7 amide bonds. The number of carbonyl (C=O) groups is 9. The molecule has 500 valence electrons. The monoisotopic (exact) mass is 1310 g/mol. The van der Waals surface area contributed by atoms with Crippen molar-refractivity contribution in [3.05, 3.63) is 81.4 Å². The van der Waals surface area contributed by atoms with Crippen LogP contribution in [0.4, 0.5) is 23.7 Å². The third-order valence-electron chi connectivity index (χ3n) is 17.8. The van der Waals surface area contributed by atoms with Crippen LogP contribution in [0.25, 0.3) is 0 Å². The first-order valence-electron chi connectivity index (χ1n) is 30.6. The third-order valence-corrected chi connectivity index (χ3v) is 18.5. The fourth-order valence-electron chi connectivity index (χ4n) is 12.0. The molecule has 91 heavy (non-hydrogen) atoms. The summed E-state index contributed by atoms with van der Waals surface area (Å²) >= 11 is 12.5. The summed E-state index contributed by atoms with van der Waals surface area (Å²) in [5.41, 5.74) is 1.34. The number of halogens is 4. The van der Waals surface area contributed by atoms with Crippen LogP contribution in [0.15, 0.2) is 54.1 Å². The minimum atomic E-state index is -5.18. The number of benzene rings is 2. The van der Waals surface area contributed by atoms with Gasteiger partial charge in [-0.15, -0.1) is 0 Å². The number of Topliss-reactive ketones (excluding diaryl/α,β-unsaturated/α-hetero) is 1. The van der Waals surface area contributed by atoms with E-state index >= 15 is 13.2 Å². The number of fused-ring (bicyclic) bond motifs is 5. The number of hydrogen-bond acceptors (Lipinski definition) is 16. The number of aliphatic hydroxyl groups is 1. The van der Waals surface area contributed by atoms with Crippen LogP contribution in [0.1, 0.15) is 146 Å². The van der Waals surface area contributed by atoms with E-state index < -0.39 is 138 Å². The number of methoxy groups -OCH3 is 2. The van der Waals surface area contributed by atoms with Gasteiger partial charge in [0.2, 0.25) is 23.6 Å². The van der Waals surface area contributed by atoms with E-state index in [1.54, 1.807) is 45.1 Å². The Kier molecular flexibility index (Phi) is 25.1. The van der Waals surface area contributed by atoms with Gasteiger partial charge in [0.1, 0.15) is 46.3 Å². The minimum Gasteiger partial charge on any atom is -0.495 e. The molecule has 0 spiro atoms. The summed E-state index contributed by atoms with van der Waals surface area (Å²) in [6, 6.07) is 2.42. The number of imide groups is 1. The number of unbranched alkanes of at least 4 members (excludes halogenated alkanes) is 2. The van der Waals surface area contributed by atoms with E-state index in [9.17, 15) is 48.3 Å². The highest BCUT2D eigenvalue weighted by atomic mass is 35.5. The van der Waals surface area contributed by atoms with Gasteiger partial charge < -0.3 is 55.0 Å². The number of nitrogens with two attached hydrogens (primary N) is 1. The molecular weight excluding hydrogens is 1230 g/mol. The summed E-state index contributed by atoms with van der Waals surface area (Å²) < 4.78 is 75.1. The van der Waals surface area contributed by atoms with Gasteiger partial charge in [-0.1, -0.05) is 87.8 Å². The Balaban J connectivity index is 1.20. The summed E-state index contributed by atoms with van der Waals surface area (Å²) in [6.07, 6.45) is -2.74. The molecule has 3 fully saturated rings. The SMILES string of the molecule is COc1cc2cc(c1Cl)N(C)C(=O)C[C@H](OC(=O)[C@H](C)N(C)C(=O)c1ccc(CC(=O)[C@H](CCCNC(N)=O)NC(=O)[C@@H](CC(=S)CCCCCN3C(=O)CC(C)C3=O)C(C)C)cc1C(F)(F)F)[C@]1(C)O[C@H]1[C@H](C)[C@@H]1C[C@@](O)(CC(=O)O1)[C@H](OC)/C=C/C=C(\C)C2. The molecule has 0 aliphatic carbocycles. The lowest BCUT2D eigenvalue weighted by Gasteiger charge is -2.41. The average molecular weight is 1320 g/mol. The number of likely N-dealkylation sites (tertiary alicyclic amines) is 1. The second-order valence-corrected chi connectivity index (χ2v) is 26.0. The van der Waals surface area contributed by atoms with Crippen LogP contribution in [-0.4, -0.2) is 162 Å². The summed E-state index contributed by atoms with van der Waals surface area (Å²) in [6.45, 7) is 12.0. The number of ether oxygens (including phenoxy) is 5. The van der Waals surface area contributed by atoms with Gasteiger partial charge in [-0.25, -0.2) is 9.59 Å². The summed E-state index contributed by atoms with van der Waals surface area (Å²) in [5.74, 6) is -7.05. The quantitative estimate of drug-likeness (QED) is 0.0254. The summed E-state index contributed by atoms with van der Waals surface area (Å²) in [5, 5.41) is 17.3. The predicted molar refractivity (Wildman–Crippen MR) is 335 cm³/mol. The van der Waals surface area contributed by atoms with Crippen LogP contribution in [0, 0.1) is 23.7 Å². The van der Waals surface area contributed by atoms with Gasteiger partial charge in [-0.2, -0.15) is 13.2 Å². The zero-order chi connectivity index (χ0) is 67.6. The van der Waals surface area contributed by atoms with E-state index in [-0.39, 0.29) is 84.3 Å². The van der Waals surface area contributed by atoms with Crippen molar-refractivity contribution in [2.24, 2.45) is 29.4 Å². The number of ketones is 1. The van der Waals surface area contributed by atoms with Gasteiger partial charge in [-0.05, 0) is 112 Å². The van der Waals surface area contributed by atoms with Gasteiger partial charge in [0, 0.05) is 71.3 Å². The Morgan fingerprint density at radius 1 is 1.00 bits per heavy atom. The maximum atomic E-state index is 15.2. The van der Waals surface area contributed by atoms with E-state index in [1.165, 1.54) is 38.0 Å². The fraction of sp³-hybridized carbons (Fsp3) is 0.600. The molecule has 4 bridgehead atoms. The minimum absolute atomic E-state index is 0.0148. The molecule has 21 nitrogen and oxygen atoms in total. The third kappa shape index (κ3) is 18.5. The highest BCUT2D eigenvalue weighted by Crippen LogP contribution is 2.50. The first-order valence-corrected chi connectivity index (χ1v) is 31.4. The molecule has 0 aromatic heterocycles. The van der Waals surface area contributed by atoms with Gasteiger partial charge in [0.15, 0.2) is 5.78 Å². The zero-order valence-corrected chi connectivity index (χ0v) is 55.1. The Hall–Kier alpha value is -6.80. The Bertz CT molecular complexity index is 3160. The number of thiocarbonyl (C=S) groups is 1. The van der Waals surface area contributed by atoms with Crippen molar-refractivity contribution in [3.8, 4) is 5.75 Å². The first kappa shape index (κ1) is 73.3. The number of hydrogen-bond donors (Lipinski definition) is 4. The van der Waals surface area contributed by atoms with Crippen LogP contribution < -0.4 is 26.0 Å². The van der Waals surface area contributed by atoms with Crippen LogP contribution in [0.2, 0.25) is 5.02 Å². The number of alkyl halides is 3. The topological polar surface area (TPSA) is 283 Å². The van der Waals surface area contributed by atoms with Gasteiger partial charge in [-0.3, -0.25) is 38.5 Å². The predicted octanol–water partition coefficient (Wildman–Crippen LogP) is 8.13. The van der Waals surface area contributed by atoms with Crippen molar-refractivity contribution in [2.45, 2.75) is 186 Å². The van der Waals surface area contributed by atoms with Gasteiger partial charge in [0.25, 0.3) is 5.91 Å². The van der Waals surface area contributed by atoms with Crippen LogP contribution >= 0.6 is 23.8 Å². The van der Waals surface area contributed by atoms with Crippen molar-refractivity contribution in [3.63, 3.8) is 0 Å². The number of likely N-dealkylation sites (N-methyl/N-ethyl adjacent to an activating group) is 1. The molecule has 6 rings (SSSR count). The molecule has 0 radical (unpaired) electrons. The zero-order valence-electron chi connectivity index (χ0n) is 53.5. The number of carbonyl (C=O) groups excluding carboxylic acids is 9. The number of allylic oxidation sites excluding steroid dienone is 3. The number of anilines is 1. The van der Waals surface area contributed by atoms with Crippen molar-refractivity contribution in [1.29, 1.82) is 0 Å². The molecule has 4 aliphatic rings. The van der Waals surface area contributed by atoms with Crippen LogP contribution in [0.5, 0.6) is 5.75 Å². The number of amides is 7. The number of rotatable bonds is 24. The molecular formula is C65H86ClF3N6O15S. The number of nitrogens with one attached hydrogen (secondary N) is 2. The van der Waals surface area contributed by atoms with E-state index in [4.69, 9.17) is 53.2 Å². The van der Waals surface area contributed by atoms with Crippen molar-refractivity contribution >= 4 is 87.7 Å². The molecule has 2 aromatic carbocycles. The second-order valence-electron chi connectivity index (χ2n) is 25.0. The Morgan fingerprint density at radius 3 is 2.33 bits per heavy atom. The highest BCUT2D eigenvalue weighted by molar-refractivity contribution is 7.80. The van der Waals surface area contributed by atoms with Gasteiger partial charge >= 0.3 is 24.1 Å². The normalized spacial score (nSPS) is 25.7. The smallest absolute Gasteiger partial charge is 0.417 e. The van der Waals surface area contributed by atoms with Gasteiger partial charge in [0.05, 0.1) is 48.9 Å². The molecule has 2 aromatic rings. The van der Waals surface area contributed by atoms with Crippen LogP contribution in [-0.2, 0) is 71.5 Å². The lowest BCUT2D eigenvalue weighted by molar-refractivity contribution is -0.187. The molecule has 0 saturated carbocycles. The Labute approximate surface area is 539 Å². The molecule has 1 unspecified atom stereocenters. The number of epoxide rings is 1. The molecule has 3 saturated heterocycles. The highest BCUT2D eigenvalue weighted by Gasteiger charge is 2.64. The number of nitrogens with zero attached hydrogens (tertiary/aromatic N) is 3. The van der Waals surface area contributed by atoms with Crippen molar-refractivity contribution in [1.82, 2.24) is 20.4 Å². The second kappa shape index (κ2) is 31.2. The van der Waals surface area contributed by atoms with E-state index in [0.717, 1.165) is 29.7 Å². The fourth-order valence-corrected chi connectivity index (χ4v) is 12.6.